The van der Waals surface area contributed by atoms with Crippen molar-refractivity contribution in [3.8, 4) is 0 Å². The average Bonchev–Trinajstić information content (AvgIpc) is 2.94. The minimum atomic E-state index is -4.49. The van der Waals surface area contributed by atoms with E-state index in [-0.39, 0.29) is 18.1 Å². The predicted molar refractivity (Wildman–Crippen MR) is 74.6 cm³/mol. The Morgan fingerprint density at radius 2 is 2.09 bits per heavy atom. The number of alkyl halides is 3. The van der Waals surface area contributed by atoms with Gasteiger partial charge < -0.3 is 10.2 Å². The van der Waals surface area contributed by atoms with Gasteiger partial charge in [-0.15, -0.1) is 5.10 Å². The van der Waals surface area contributed by atoms with Crippen LogP contribution in [-0.2, 0) is 4.79 Å². The second kappa shape index (κ2) is 5.43. The van der Waals surface area contributed by atoms with Crippen molar-refractivity contribution in [2.75, 3.05) is 13.1 Å². The first-order valence-electron chi connectivity index (χ1n) is 7.15. The second-order valence-electron chi connectivity index (χ2n) is 6.29. The van der Waals surface area contributed by atoms with Crippen molar-refractivity contribution in [3.05, 3.63) is 11.1 Å². The van der Waals surface area contributed by atoms with E-state index in [0.717, 1.165) is 16.4 Å². The number of carbonyl (C=O) groups excluding carboxylic acids is 2. The molecule has 1 saturated heterocycles. The molecule has 1 aromatic heterocycles. The molecule has 2 heterocycles. The van der Waals surface area contributed by atoms with Crippen molar-refractivity contribution < 1.29 is 22.8 Å². The van der Waals surface area contributed by atoms with Crippen molar-refractivity contribution in [3.63, 3.8) is 0 Å². The third-order valence-electron chi connectivity index (χ3n) is 4.47. The number of nitrogens with one attached hydrogen (secondary N) is 1. The molecular weight excluding hydrogens is 333 g/mol. The Hall–Kier alpha value is -1.71. The summed E-state index contributed by atoms with van der Waals surface area (Å²) >= 11 is 0.956. The maximum atomic E-state index is 13.2. The lowest BCUT2D eigenvalue weighted by Crippen LogP contribution is -2.47. The molecular formula is C13H15F3N4O2S. The monoisotopic (exact) mass is 348 g/mol. The third kappa shape index (κ3) is 3.17. The molecule has 1 aromatic rings. The highest BCUT2D eigenvalue weighted by atomic mass is 32.1. The number of rotatable bonds is 3. The van der Waals surface area contributed by atoms with Crippen molar-refractivity contribution in [2.45, 2.75) is 32.0 Å². The van der Waals surface area contributed by atoms with Crippen LogP contribution in [0.15, 0.2) is 5.38 Å². The lowest BCUT2D eigenvalue weighted by molar-refractivity contribution is -0.175. The van der Waals surface area contributed by atoms with Crippen LogP contribution in [0, 0.1) is 11.3 Å². The Morgan fingerprint density at radius 3 is 2.61 bits per heavy atom. The smallest absolute Gasteiger partial charge is 0.350 e. The van der Waals surface area contributed by atoms with Gasteiger partial charge in [-0.2, -0.15) is 13.2 Å². The summed E-state index contributed by atoms with van der Waals surface area (Å²) in [5.74, 6) is -2.74. The Kier molecular flexibility index (Phi) is 3.81. The molecule has 126 valence electrons. The molecule has 1 aliphatic carbocycles. The molecule has 10 heteroatoms. The fourth-order valence-electron chi connectivity index (χ4n) is 2.62. The fourth-order valence-corrected chi connectivity index (χ4v) is 3.05. The number of hydrogen-bond donors (Lipinski definition) is 1. The van der Waals surface area contributed by atoms with Crippen LogP contribution in [0.25, 0.3) is 0 Å². The van der Waals surface area contributed by atoms with Crippen LogP contribution in [0.2, 0.25) is 0 Å². The molecule has 1 aliphatic heterocycles. The number of likely N-dealkylation sites (tertiary alicyclic amines) is 1. The Morgan fingerprint density at radius 1 is 1.39 bits per heavy atom. The predicted octanol–water partition coefficient (Wildman–Crippen LogP) is 1.46. The zero-order chi connectivity index (χ0) is 16.8. The highest BCUT2D eigenvalue weighted by Crippen LogP contribution is 2.45. The maximum absolute atomic E-state index is 13.2. The SMILES string of the molecule is CC1(C(=O)N[C@@H]2CN(C(=O)c3csnn3)C[C@H]2C(F)(F)F)CC1. The molecule has 23 heavy (non-hydrogen) atoms. The average molecular weight is 348 g/mol. The quantitative estimate of drug-likeness (QED) is 0.897. The Labute approximate surface area is 134 Å². The molecule has 0 spiro atoms. The van der Waals surface area contributed by atoms with E-state index in [2.05, 4.69) is 14.9 Å². The third-order valence-corrected chi connectivity index (χ3v) is 4.98. The van der Waals surface area contributed by atoms with Gasteiger partial charge in [0.2, 0.25) is 5.91 Å². The molecule has 0 radical (unpaired) electrons. The summed E-state index contributed by atoms with van der Waals surface area (Å²) in [4.78, 5) is 25.3. The normalized spacial score (nSPS) is 26.2. The highest BCUT2D eigenvalue weighted by molar-refractivity contribution is 7.03. The van der Waals surface area contributed by atoms with Crippen LogP contribution in [0.5, 0.6) is 0 Å². The second-order valence-corrected chi connectivity index (χ2v) is 6.90. The lowest BCUT2D eigenvalue weighted by atomic mass is 10.0. The van der Waals surface area contributed by atoms with E-state index in [4.69, 9.17) is 0 Å². The molecule has 2 amide bonds. The van der Waals surface area contributed by atoms with Gasteiger partial charge in [0.05, 0.1) is 12.0 Å². The van der Waals surface area contributed by atoms with E-state index in [9.17, 15) is 22.8 Å². The van der Waals surface area contributed by atoms with Crippen LogP contribution >= 0.6 is 11.5 Å². The summed E-state index contributed by atoms with van der Waals surface area (Å²) in [5.41, 5.74) is -0.538. The van der Waals surface area contributed by atoms with Crippen molar-refractivity contribution in [1.82, 2.24) is 19.8 Å². The molecule has 6 nitrogen and oxygen atoms in total. The Bertz CT molecular complexity index is 615. The van der Waals surface area contributed by atoms with Crippen molar-refractivity contribution in [1.29, 1.82) is 0 Å². The van der Waals surface area contributed by atoms with E-state index >= 15 is 0 Å². The van der Waals surface area contributed by atoms with E-state index in [0.29, 0.717) is 12.8 Å². The first-order valence-corrected chi connectivity index (χ1v) is 7.98. The van der Waals surface area contributed by atoms with Crippen molar-refractivity contribution >= 4 is 23.3 Å². The van der Waals surface area contributed by atoms with Gasteiger partial charge in [0.1, 0.15) is 0 Å². The zero-order valence-corrected chi connectivity index (χ0v) is 13.1. The van der Waals surface area contributed by atoms with Gasteiger partial charge in [0.15, 0.2) is 5.69 Å². The summed E-state index contributed by atoms with van der Waals surface area (Å²) in [5, 5.41) is 7.46. The number of halogens is 3. The minimum Gasteiger partial charge on any atom is -0.350 e. The first kappa shape index (κ1) is 16.2. The van der Waals surface area contributed by atoms with E-state index in [1.165, 1.54) is 5.38 Å². The number of hydrogen-bond acceptors (Lipinski definition) is 5. The van der Waals surface area contributed by atoms with Gasteiger partial charge in [-0.1, -0.05) is 11.4 Å². The summed E-state index contributed by atoms with van der Waals surface area (Å²) in [7, 11) is 0. The van der Waals surface area contributed by atoms with Crippen LogP contribution < -0.4 is 5.32 Å². The number of aromatic nitrogens is 2. The number of carbonyl (C=O) groups is 2. The van der Waals surface area contributed by atoms with E-state index < -0.39 is 36.0 Å². The fraction of sp³-hybridized carbons (Fsp3) is 0.692. The molecule has 2 atom stereocenters. The summed E-state index contributed by atoms with van der Waals surface area (Å²) in [6, 6.07) is -1.13. The van der Waals surface area contributed by atoms with Gasteiger partial charge in [-0.3, -0.25) is 9.59 Å². The molecule has 2 fully saturated rings. The standard InChI is InChI=1S/C13H15F3N4O2S/c1-12(2-3-12)11(22)17-8-5-20(4-7(8)13(14,15)16)10(21)9-6-23-19-18-9/h6-8H,2-5H2,1H3,(H,17,22)/t7-,8-/m1/s1. The van der Waals surface area contributed by atoms with Gasteiger partial charge in [-0.05, 0) is 24.4 Å². The van der Waals surface area contributed by atoms with Gasteiger partial charge in [0.25, 0.3) is 5.91 Å². The molecule has 2 aliphatic rings. The molecule has 1 saturated carbocycles. The molecule has 0 aromatic carbocycles. The lowest BCUT2D eigenvalue weighted by Gasteiger charge is -2.23. The van der Waals surface area contributed by atoms with Crippen LogP contribution in [0.3, 0.4) is 0 Å². The molecule has 0 unspecified atom stereocenters. The minimum absolute atomic E-state index is 0.0251. The zero-order valence-electron chi connectivity index (χ0n) is 12.3. The number of amides is 2. The summed E-state index contributed by atoms with van der Waals surface area (Å²) in [6.07, 6.45) is -3.14. The maximum Gasteiger partial charge on any atom is 0.395 e. The van der Waals surface area contributed by atoms with Crippen LogP contribution in [0.1, 0.15) is 30.3 Å². The Balaban J connectivity index is 1.74. The number of nitrogens with zero attached hydrogens (tertiary/aromatic N) is 3. The molecule has 0 bridgehead atoms. The van der Waals surface area contributed by atoms with Gasteiger partial charge >= 0.3 is 6.18 Å². The van der Waals surface area contributed by atoms with E-state index in [1.807, 2.05) is 0 Å². The highest BCUT2D eigenvalue weighted by Gasteiger charge is 2.53. The van der Waals surface area contributed by atoms with Gasteiger partial charge in [-0.25, -0.2) is 0 Å². The first-order chi connectivity index (χ1) is 10.7. The summed E-state index contributed by atoms with van der Waals surface area (Å²) < 4.78 is 43.3. The van der Waals surface area contributed by atoms with Crippen LogP contribution in [-0.4, -0.2) is 51.6 Å². The molecule has 1 N–H and O–H groups in total. The van der Waals surface area contributed by atoms with Crippen LogP contribution in [0.4, 0.5) is 13.2 Å². The topological polar surface area (TPSA) is 75.2 Å². The van der Waals surface area contributed by atoms with E-state index in [1.54, 1.807) is 6.92 Å². The van der Waals surface area contributed by atoms with Crippen molar-refractivity contribution in [2.24, 2.45) is 11.3 Å². The summed E-state index contributed by atoms with van der Waals surface area (Å²) in [6.45, 7) is 1.06. The molecule has 3 rings (SSSR count). The van der Waals surface area contributed by atoms with Gasteiger partial charge in [0, 0.05) is 23.9 Å². The largest absolute Gasteiger partial charge is 0.395 e.